The Labute approximate surface area is 124 Å². The first-order valence-electron chi connectivity index (χ1n) is 6.37. The maximum atomic E-state index is 12.4. The Morgan fingerprint density at radius 2 is 2.14 bits per heavy atom. The van der Waals surface area contributed by atoms with Crippen LogP contribution < -0.4 is 0 Å². The minimum atomic E-state index is -1.10. The van der Waals surface area contributed by atoms with Gasteiger partial charge < -0.3 is 19.2 Å². The van der Waals surface area contributed by atoms with Gasteiger partial charge in [-0.25, -0.2) is 4.79 Å². The van der Waals surface area contributed by atoms with Crippen LogP contribution in [-0.2, 0) is 9.53 Å². The Morgan fingerprint density at radius 3 is 2.90 bits per heavy atom. The number of carboxylic acids is 1. The van der Waals surface area contributed by atoms with Crippen molar-refractivity contribution >= 4 is 34.4 Å². The average Bonchev–Trinajstić information content (AvgIpc) is 2.89. The van der Waals surface area contributed by atoms with Crippen molar-refractivity contribution < 1.29 is 23.8 Å². The van der Waals surface area contributed by atoms with Crippen LogP contribution in [0.2, 0.25) is 5.02 Å². The van der Waals surface area contributed by atoms with Crippen molar-refractivity contribution in [3.05, 3.63) is 35.0 Å². The van der Waals surface area contributed by atoms with Crippen molar-refractivity contribution in [1.82, 2.24) is 4.90 Å². The number of nitrogens with zero attached hydrogens (tertiary/aromatic N) is 1. The molecule has 21 heavy (non-hydrogen) atoms. The van der Waals surface area contributed by atoms with Crippen LogP contribution in [0.15, 0.2) is 28.7 Å². The molecule has 0 radical (unpaired) electrons. The third kappa shape index (κ3) is 2.59. The highest BCUT2D eigenvalue weighted by atomic mass is 35.5. The number of fused-ring (bicyclic) bond motifs is 1. The second-order valence-corrected chi connectivity index (χ2v) is 5.16. The summed E-state index contributed by atoms with van der Waals surface area (Å²) in [5.41, 5.74) is 0.530. The number of hydrogen-bond donors (Lipinski definition) is 1. The highest BCUT2D eigenvalue weighted by Gasteiger charge is 2.34. The van der Waals surface area contributed by atoms with Crippen molar-refractivity contribution in [2.75, 3.05) is 19.8 Å². The van der Waals surface area contributed by atoms with E-state index in [4.69, 9.17) is 25.9 Å². The SMILES string of the molecule is O=C(O)[C@@H]1COCCN1C(=O)c1cc2cc(Cl)ccc2o1. The Kier molecular flexibility index (Phi) is 3.57. The minimum Gasteiger partial charge on any atom is -0.480 e. The first-order valence-corrected chi connectivity index (χ1v) is 6.74. The monoisotopic (exact) mass is 309 g/mol. The molecule has 0 unspecified atom stereocenters. The van der Waals surface area contributed by atoms with Gasteiger partial charge in [0.1, 0.15) is 5.58 Å². The van der Waals surface area contributed by atoms with Crippen LogP contribution >= 0.6 is 11.6 Å². The van der Waals surface area contributed by atoms with Gasteiger partial charge in [0.2, 0.25) is 0 Å². The summed E-state index contributed by atoms with van der Waals surface area (Å²) in [6.07, 6.45) is 0. The zero-order chi connectivity index (χ0) is 15.0. The van der Waals surface area contributed by atoms with E-state index >= 15 is 0 Å². The number of hydrogen-bond acceptors (Lipinski definition) is 4. The molecule has 1 aliphatic heterocycles. The molecule has 1 aromatic carbocycles. The lowest BCUT2D eigenvalue weighted by Gasteiger charge is -2.32. The van der Waals surface area contributed by atoms with E-state index < -0.39 is 17.9 Å². The molecule has 1 amide bonds. The molecule has 2 aromatic rings. The van der Waals surface area contributed by atoms with E-state index in [0.29, 0.717) is 22.6 Å². The molecule has 3 rings (SSSR count). The first-order chi connectivity index (χ1) is 10.1. The minimum absolute atomic E-state index is 0.0207. The van der Waals surface area contributed by atoms with Crippen molar-refractivity contribution in [1.29, 1.82) is 0 Å². The van der Waals surface area contributed by atoms with Crippen LogP contribution in [-0.4, -0.2) is 47.7 Å². The van der Waals surface area contributed by atoms with Crippen LogP contribution in [0, 0.1) is 0 Å². The molecule has 1 saturated heterocycles. The van der Waals surface area contributed by atoms with E-state index in [-0.39, 0.29) is 18.9 Å². The molecular weight excluding hydrogens is 298 g/mol. The third-order valence-electron chi connectivity index (χ3n) is 3.36. The second kappa shape index (κ2) is 5.38. The molecule has 1 N–H and O–H groups in total. The highest BCUT2D eigenvalue weighted by Crippen LogP contribution is 2.24. The predicted octanol–water partition coefficient (Wildman–Crippen LogP) is 2.01. The Morgan fingerprint density at radius 1 is 1.33 bits per heavy atom. The molecule has 6 nitrogen and oxygen atoms in total. The summed E-state index contributed by atoms with van der Waals surface area (Å²) in [6, 6.07) is 5.59. The molecule has 0 spiro atoms. The van der Waals surface area contributed by atoms with Gasteiger partial charge in [0.05, 0.1) is 13.2 Å². The quantitative estimate of drug-likeness (QED) is 0.918. The number of aliphatic carboxylic acids is 1. The number of carboxylic acid groups (broad SMARTS) is 1. The van der Waals surface area contributed by atoms with Gasteiger partial charge in [-0.1, -0.05) is 11.6 Å². The van der Waals surface area contributed by atoms with Crippen LogP contribution in [0.1, 0.15) is 10.6 Å². The third-order valence-corrected chi connectivity index (χ3v) is 3.60. The van der Waals surface area contributed by atoms with E-state index in [1.165, 1.54) is 4.90 Å². The number of furan rings is 1. The standard InChI is InChI=1S/C14H12ClNO5/c15-9-1-2-11-8(5-9)6-12(21-11)13(17)16-3-4-20-7-10(16)14(18)19/h1-2,5-6,10H,3-4,7H2,(H,18,19)/t10-/m0/s1. The zero-order valence-electron chi connectivity index (χ0n) is 10.9. The van der Waals surface area contributed by atoms with Gasteiger partial charge in [-0.2, -0.15) is 0 Å². The van der Waals surface area contributed by atoms with Gasteiger partial charge >= 0.3 is 5.97 Å². The Bertz CT molecular complexity index is 710. The second-order valence-electron chi connectivity index (χ2n) is 4.72. The fraction of sp³-hybridized carbons (Fsp3) is 0.286. The van der Waals surface area contributed by atoms with Crippen LogP contribution in [0.5, 0.6) is 0 Å². The maximum Gasteiger partial charge on any atom is 0.328 e. The smallest absolute Gasteiger partial charge is 0.328 e. The van der Waals surface area contributed by atoms with Crippen LogP contribution in [0.4, 0.5) is 0 Å². The van der Waals surface area contributed by atoms with Gasteiger partial charge in [-0.3, -0.25) is 4.79 Å². The molecule has 0 saturated carbocycles. The molecule has 1 atom stereocenters. The number of morpholine rings is 1. The molecule has 1 fully saturated rings. The summed E-state index contributed by atoms with van der Waals surface area (Å²) in [4.78, 5) is 24.9. The van der Waals surface area contributed by atoms with E-state index in [1.807, 2.05) is 0 Å². The number of carbonyl (C=O) groups is 2. The number of benzene rings is 1. The van der Waals surface area contributed by atoms with E-state index in [1.54, 1.807) is 24.3 Å². The zero-order valence-corrected chi connectivity index (χ0v) is 11.7. The first kappa shape index (κ1) is 13.9. The number of halogens is 1. The lowest BCUT2D eigenvalue weighted by Crippen LogP contribution is -2.52. The van der Waals surface area contributed by atoms with Crippen LogP contribution in [0.3, 0.4) is 0 Å². The summed E-state index contributed by atoms with van der Waals surface area (Å²) in [6.45, 7) is 0.502. The van der Waals surface area contributed by atoms with Gasteiger partial charge in [0.15, 0.2) is 11.8 Å². The van der Waals surface area contributed by atoms with Crippen molar-refractivity contribution in [3.63, 3.8) is 0 Å². The van der Waals surface area contributed by atoms with E-state index in [2.05, 4.69) is 0 Å². The fourth-order valence-electron chi connectivity index (χ4n) is 2.31. The van der Waals surface area contributed by atoms with Gasteiger partial charge in [0, 0.05) is 17.0 Å². The summed E-state index contributed by atoms with van der Waals surface area (Å²) < 4.78 is 10.6. The molecule has 1 aromatic heterocycles. The fourth-order valence-corrected chi connectivity index (χ4v) is 2.49. The normalized spacial score (nSPS) is 18.9. The lowest BCUT2D eigenvalue weighted by atomic mass is 10.2. The van der Waals surface area contributed by atoms with Gasteiger partial charge in [-0.15, -0.1) is 0 Å². The summed E-state index contributed by atoms with van der Waals surface area (Å²) >= 11 is 5.89. The maximum absolute atomic E-state index is 12.4. The average molecular weight is 310 g/mol. The molecule has 0 aliphatic carbocycles. The van der Waals surface area contributed by atoms with Crippen molar-refractivity contribution in [3.8, 4) is 0 Å². The highest BCUT2D eigenvalue weighted by molar-refractivity contribution is 6.31. The van der Waals surface area contributed by atoms with E-state index in [9.17, 15) is 9.59 Å². The number of rotatable bonds is 2. The van der Waals surface area contributed by atoms with Crippen molar-refractivity contribution in [2.24, 2.45) is 0 Å². The number of amides is 1. The molecular formula is C14H12ClNO5. The Balaban J connectivity index is 1.93. The van der Waals surface area contributed by atoms with Crippen LogP contribution in [0.25, 0.3) is 11.0 Å². The molecule has 0 bridgehead atoms. The summed E-state index contributed by atoms with van der Waals surface area (Å²) in [5.74, 6) is -1.46. The molecule has 1 aliphatic rings. The largest absolute Gasteiger partial charge is 0.480 e. The molecule has 7 heteroatoms. The molecule has 2 heterocycles. The predicted molar refractivity (Wildman–Crippen MR) is 74.5 cm³/mol. The topological polar surface area (TPSA) is 80.0 Å². The summed E-state index contributed by atoms with van der Waals surface area (Å²) in [5, 5.41) is 10.4. The number of ether oxygens (including phenoxy) is 1. The molecule has 110 valence electrons. The van der Waals surface area contributed by atoms with Gasteiger partial charge in [0.25, 0.3) is 5.91 Å². The summed E-state index contributed by atoms with van der Waals surface area (Å²) in [7, 11) is 0. The lowest BCUT2D eigenvalue weighted by molar-refractivity contribution is -0.147. The Hall–Kier alpha value is -2.05. The number of carbonyl (C=O) groups excluding carboxylic acids is 1. The van der Waals surface area contributed by atoms with Gasteiger partial charge in [-0.05, 0) is 24.3 Å². The van der Waals surface area contributed by atoms with Crippen molar-refractivity contribution in [2.45, 2.75) is 6.04 Å². The van der Waals surface area contributed by atoms with E-state index in [0.717, 1.165) is 0 Å².